The number of hydrogen-bond donors (Lipinski definition) is 1. The Morgan fingerprint density at radius 1 is 1.27 bits per heavy atom. The molecule has 1 saturated carbocycles. The van der Waals surface area contributed by atoms with Crippen molar-refractivity contribution in [2.24, 2.45) is 5.41 Å². The molecule has 26 heavy (non-hydrogen) atoms. The molecule has 0 radical (unpaired) electrons. The van der Waals surface area contributed by atoms with Crippen LogP contribution in [0.3, 0.4) is 0 Å². The molecule has 1 N–H and O–H groups in total. The summed E-state index contributed by atoms with van der Waals surface area (Å²) in [6.07, 6.45) is 9.76. The van der Waals surface area contributed by atoms with Crippen molar-refractivity contribution in [1.29, 1.82) is 0 Å². The molecule has 3 heterocycles. The van der Waals surface area contributed by atoms with E-state index in [2.05, 4.69) is 33.0 Å². The lowest BCUT2D eigenvalue weighted by Crippen LogP contribution is -3.14. The topological polar surface area (TPSA) is 57.3 Å². The molecule has 1 aliphatic carbocycles. The summed E-state index contributed by atoms with van der Waals surface area (Å²) in [5, 5.41) is 14.9. The van der Waals surface area contributed by atoms with Crippen molar-refractivity contribution >= 4 is 11.3 Å². The van der Waals surface area contributed by atoms with Crippen molar-refractivity contribution in [2.75, 3.05) is 26.8 Å². The molecule has 2 aliphatic rings. The van der Waals surface area contributed by atoms with Crippen LogP contribution >= 0.6 is 11.3 Å². The van der Waals surface area contributed by atoms with Gasteiger partial charge in [-0.05, 0) is 47.6 Å². The average Bonchev–Trinajstić information content (AvgIpc) is 3.34. The summed E-state index contributed by atoms with van der Waals surface area (Å²) in [7, 11) is 1.73. The maximum Gasteiger partial charge on any atom is 0.215 e. The Morgan fingerprint density at radius 3 is 2.88 bits per heavy atom. The lowest BCUT2D eigenvalue weighted by Gasteiger charge is -2.44. The summed E-state index contributed by atoms with van der Waals surface area (Å²) in [5.41, 5.74) is 0.548. The van der Waals surface area contributed by atoms with Gasteiger partial charge in [0.15, 0.2) is 6.04 Å². The number of ether oxygens (including phenoxy) is 1. The Kier molecular flexibility index (Phi) is 5.66. The van der Waals surface area contributed by atoms with Crippen LogP contribution in [0, 0.1) is 5.41 Å². The van der Waals surface area contributed by atoms with E-state index in [1.54, 1.807) is 12.0 Å². The van der Waals surface area contributed by atoms with E-state index in [0.717, 1.165) is 5.82 Å². The fourth-order valence-electron chi connectivity index (χ4n) is 5.05. The van der Waals surface area contributed by atoms with E-state index in [9.17, 15) is 0 Å². The largest absolute Gasteiger partial charge is 0.383 e. The maximum atomic E-state index is 5.26. The number of methoxy groups -OCH3 is 1. The maximum absolute atomic E-state index is 5.26. The van der Waals surface area contributed by atoms with Crippen molar-refractivity contribution in [3.8, 4) is 0 Å². The van der Waals surface area contributed by atoms with E-state index < -0.39 is 0 Å². The van der Waals surface area contributed by atoms with Gasteiger partial charge in [0.05, 0.1) is 31.1 Å². The summed E-state index contributed by atoms with van der Waals surface area (Å²) in [6.45, 7) is 3.81. The van der Waals surface area contributed by atoms with Crippen LogP contribution in [-0.4, -0.2) is 47.0 Å². The Morgan fingerprint density at radius 2 is 2.12 bits per heavy atom. The number of aromatic nitrogens is 4. The number of nitrogens with zero attached hydrogens (tertiary/aromatic N) is 4. The number of quaternary nitrogens is 1. The first-order valence-electron chi connectivity index (χ1n) is 9.94. The van der Waals surface area contributed by atoms with Crippen LogP contribution in [0.1, 0.15) is 61.7 Å². The molecule has 0 amide bonds. The van der Waals surface area contributed by atoms with Crippen LogP contribution in [0.4, 0.5) is 0 Å². The minimum Gasteiger partial charge on any atom is -0.383 e. The van der Waals surface area contributed by atoms with E-state index in [0.29, 0.717) is 18.6 Å². The van der Waals surface area contributed by atoms with E-state index in [1.165, 1.54) is 62.9 Å². The first-order valence-corrected chi connectivity index (χ1v) is 10.8. The molecule has 142 valence electrons. The van der Waals surface area contributed by atoms with Gasteiger partial charge in [-0.15, -0.1) is 16.4 Å². The normalized spacial score (nSPS) is 24.0. The third kappa shape index (κ3) is 3.70. The molecule has 0 aromatic carbocycles. The number of likely N-dealkylation sites (tertiary alicyclic amines) is 1. The first kappa shape index (κ1) is 18.1. The van der Waals surface area contributed by atoms with Crippen LogP contribution in [0.2, 0.25) is 0 Å². The Bertz CT molecular complexity index is 674. The van der Waals surface area contributed by atoms with Crippen LogP contribution < -0.4 is 4.90 Å². The number of rotatable bonds is 6. The second-order valence-electron chi connectivity index (χ2n) is 7.95. The van der Waals surface area contributed by atoms with Gasteiger partial charge >= 0.3 is 0 Å². The molecule has 0 bridgehead atoms. The standard InChI is InChI=1S/C19H29N5OS/c1-25-13-12-24-18(20-21-22-24)17(16-7-5-14-26-16)23-11-6-10-19(15-23)8-3-2-4-9-19/h5,7,14,17H,2-4,6,8-13,15H2,1H3/p+1/t17-/m1/s1. The molecule has 1 spiro atoms. The molecule has 1 unspecified atom stereocenters. The summed E-state index contributed by atoms with van der Waals surface area (Å²) in [6, 6.07) is 4.64. The van der Waals surface area contributed by atoms with Gasteiger partial charge in [-0.3, -0.25) is 0 Å². The minimum atomic E-state index is 0.237. The molecule has 7 heteroatoms. The molecule has 4 rings (SSSR count). The number of hydrogen-bond acceptors (Lipinski definition) is 5. The lowest BCUT2D eigenvalue weighted by molar-refractivity contribution is -0.938. The highest BCUT2D eigenvalue weighted by atomic mass is 32.1. The highest BCUT2D eigenvalue weighted by molar-refractivity contribution is 7.10. The Hall–Kier alpha value is -1.31. The fraction of sp³-hybridized carbons (Fsp3) is 0.737. The van der Waals surface area contributed by atoms with Crippen LogP contribution in [-0.2, 0) is 11.3 Å². The fourth-order valence-corrected chi connectivity index (χ4v) is 5.93. The highest BCUT2D eigenvalue weighted by Gasteiger charge is 2.43. The summed E-state index contributed by atoms with van der Waals surface area (Å²) in [5.74, 6) is 0.993. The zero-order valence-electron chi connectivity index (χ0n) is 15.7. The van der Waals surface area contributed by atoms with Crippen LogP contribution in [0.15, 0.2) is 17.5 Å². The SMILES string of the molecule is COCCn1nnnc1[C@@H](c1cccs1)[NH+]1CCCC2(CCCCC2)C1. The van der Waals surface area contributed by atoms with Gasteiger partial charge in [-0.2, -0.15) is 0 Å². The van der Waals surface area contributed by atoms with Crippen molar-refractivity contribution in [2.45, 2.75) is 57.5 Å². The third-order valence-corrected chi connectivity index (χ3v) is 7.22. The average molecular weight is 377 g/mol. The van der Waals surface area contributed by atoms with Gasteiger partial charge in [-0.1, -0.05) is 25.3 Å². The quantitative estimate of drug-likeness (QED) is 0.839. The number of piperidine rings is 1. The van der Waals surface area contributed by atoms with Crippen molar-refractivity contribution in [1.82, 2.24) is 20.2 Å². The first-order chi connectivity index (χ1) is 12.8. The predicted molar refractivity (Wildman–Crippen MR) is 101 cm³/mol. The number of tetrazole rings is 1. The van der Waals surface area contributed by atoms with Crippen LogP contribution in [0.5, 0.6) is 0 Å². The molecule has 2 fully saturated rings. The zero-order valence-corrected chi connectivity index (χ0v) is 16.5. The van der Waals surface area contributed by atoms with Crippen molar-refractivity contribution in [3.63, 3.8) is 0 Å². The van der Waals surface area contributed by atoms with E-state index in [4.69, 9.17) is 4.74 Å². The van der Waals surface area contributed by atoms with Gasteiger partial charge in [-0.25, -0.2) is 4.68 Å². The predicted octanol–water partition coefficient (Wildman–Crippen LogP) is 2.10. The smallest absolute Gasteiger partial charge is 0.215 e. The molecule has 2 aromatic rings. The minimum absolute atomic E-state index is 0.237. The monoisotopic (exact) mass is 376 g/mol. The summed E-state index contributed by atoms with van der Waals surface area (Å²) in [4.78, 5) is 3.02. The Balaban J connectivity index is 1.63. The van der Waals surface area contributed by atoms with Gasteiger partial charge in [0.2, 0.25) is 5.82 Å². The molecular formula is C19H30N5OS+. The zero-order chi connectivity index (χ0) is 17.8. The van der Waals surface area contributed by atoms with Crippen LogP contribution in [0.25, 0.3) is 0 Å². The van der Waals surface area contributed by atoms with Crippen molar-refractivity contribution in [3.05, 3.63) is 28.2 Å². The van der Waals surface area contributed by atoms with Gasteiger partial charge in [0, 0.05) is 12.5 Å². The van der Waals surface area contributed by atoms with Gasteiger partial charge in [0.25, 0.3) is 0 Å². The van der Waals surface area contributed by atoms with Crippen molar-refractivity contribution < 1.29 is 9.64 Å². The molecule has 6 nitrogen and oxygen atoms in total. The number of thiophene rings is 1. The highest BCUT2D eigenvalue weighted by Crippen LogP contribution is 2.40. The molecule has 2 aromatic heterocycles. The van der Waals surface area contributed by atoms with E-state index in [1.807, 2.05) is 16.0 Å². The number of nitrogens with one attached hydrogen (secondary N) is 1. The molecule has 1 saturated heterocycles. The second kappa shape index (κ2) is 8.15. The second-order valence-corrected chi connectivity index (χ2v) is 8.93. The van der Waals surface area contributed by atoms with E-state index in [-0.39, 0.29) is 6.04 Å². The van der Waals surface area contributed by atoms with E-state index >= 15 is 0 Å². The summed E-state index contributed by atoms with van der Waals surface area (Å²) >= 11 is 1.83. The third-order valence-electron chi connectivity index (χ3n) is 6.28. The van der Waals surface area contributed by atoms with Gasteiger partial charge < -0.3 is 9.64 Å². The van der Waals surface area contributed by atoms with Gasteiger partial charge in [0.1, 0.15) is 0 Å². The lowest BCUT2D eigenvalue weighted by atomic mass is 9.69. The molecule has 1 aliphatic heterocycles. The summed E-state index contributed by atoms with van der Waals surface area (Å²) < 4.78 is 7.20. The Labute approximate surface area is 159 Å². The molecule has 2 atom stereocenters. The molecular weight excluding hydrogens is 346 g/mol.